The second-order valence-electron chi connectivity index (χ2n) is 6.26. The normalized spacial score (nSPS) is 12.0. The standard InChI is InChI=1S/C20H19N3O6/c1-12-6-8-15(9-7-12)18(24)22-17(19(25)21-13(2)20(26)27)11-14-4-3-5-16(10-14)23(28)29/h3-11,13H,1-2H3,(H,21,25)(H,22,24)(H,26,27)/b17-11+/t13-/m1/s1. The van der Waals surface area contributed by atoms with E-state index in [-0.39, 0.29) is 16.9 Å². The molecule has 0 bridgehead atoms. The molecule has 9 heteroatoms. The summed E-state index contributed by atoms with van der Waals surface area (Å²) < 4.78 is 0. The number of hydrogen-bond donors (Lipinski definition) is 3. The van der Waals surface area contributed by atoms with Gasteiger partial charge in [-0.1, -0.05) is 29.8 Å². The minimum Gasteiger partial charge on any atom is -0.480 e. The number of carbonyl (C=O) groups is 3. The molecule has 3 N–H and O–H groups in total. The Hall–Kier alpha value is -4.01. The number of non-ortho nitro benzene ring substituents is 1. The van der Waals surface area contributed by atoms with Gasteiger partial charge in [-0.15, -0.1) is 0 Å². The van der Waals surface area contributed by atoms with Crippen LogP contribution in [0.4, 0.5) is 5.69 Å². The molecule has 0 heterocycles. The van der Waals surface area contributed by atoms with Crippen LogP contribution in [0.25, 0.3) is 6.08 Å². The first-order valence-corrected chi connectivity index (χ1v) is 8.55. The largest absolute Gasteiger partial charge is 0.480 e. The summed E-state index contributed by atoms with van der Waals surface area (Å²) in [6, 6.07) is 10.9. The number of carbonyl (C=O) groups excluding carboxylic acids is 2. The van der Waals surface area contributed by atoms with E-state index in [1.54, 1.807) is 24.3 Å². The first-order chi connectivity index (χ1) is 13.7. The summed E-state index contributed by atoms with van der Waals surface area (Å²) in [6.07, 6.45) is 1.24. The van der Waals surface area contributed by atoms with Crippen LogP contribution in [0.2, 0.25) is 0 Å². The highest BCUT2D eigenvalue weighted by atomic mass is 16.6. The lowest BCUT2D eigenvalue weighted by molar-refractivity contribution is -0.384. The van der Waals surface area contributed by atoms with Gasteiger partial charge in [0.2, 0.25) is 0 Å². The maximum Gasteiger partial charge on any atom is 0.325 e. The minimum atomic E-state index is -1.25. The Morgan fingerprint density at radius 2 is 1.79 bits per heavy atom. The van der Waals surface area contributed by atoms with Gasteiger partial charge < -0.3 is 15.7 Å². The summed E-state index contributed by atoms with van der Waals surface area (Å²) >= 11 is 0. The summed E-state index contributed by atoms with van der Waals surface area (Å²) in [6.45, 7) is 3.13. The number of nitrogens with one attached hydrogen (secondary N) is 2. The minimum absolute atomic E-state index is 0.192. The maximum absolute atomic E-state index is 12.5. The second kappa shape index (κ2) is 9.27. The molecular formula is C20H19N3O6. The zero-order valence-corrected chi connectivity index (χ0v) is 15.7. The molecular weight excluding hydrogens is 378 g/mol. The van der Waals surface area contributed by atoms with E-state index in [1.807, 2.05) is 6.92 Å². The van der Waals surface area contributed by atoms with Crippen LogP contribution in [0.15, 0.2) is 54.2 Å². The zero-order chi connectivity index (χ0) is 21.6. The first kappa shape index (κ1) is 21.3. The molecule has 1 atom stereocenters. The van der Waals surface area contributed by atoms with E-state index in [1.165, 1.54) is 37.3 Å². The second-order valence-corrected chi connectivity index (χ2v) is 6.26. The van der Waals surface area contributed by atoms with E-state index in [9.17, 15) is 24.5 Å². The Morgan fingerprint density at radius 1 is 1.14 bits per heavy atom. The van der Waals surface area contributed by atoms with Crippen LogP contribution in [0.5, 0.6) is 0 Å². The molecule has 0 saturated carbocycles. The smallest absolute Gasteiger partial charge is 0.325 e. The molecule has 0 radical (unpaired) electrons. The molecule has 0 aromatic heterocycles. The van der Waals surface area contributed by atoms with Crippen molar-refractivity contribution < 1.29 is 24.4 Å². The Balaban J connectivity index is 2.36. The predicted molar refractivity (Wildman–Crippen MR) is 105 cm³/mol. The maximum atomic E-state index is 12.5. The highest BCUT2D eigenvalue weighted by Gasteiger charge is 2.20. The molecule has 2 rings (SSSR count). The molecule has 9 nitrogen and oxygen atoms in total. The highest BCUT2D eigenvalue weighted by Crippen LogP contribution is 2.16. The quantitative estimate of drug-likeness (QED) is 0.372. The fourth-order valence-electron chi connectivity index (χ4n) is 2.29. The van der Waals surface area contributed by atoms with Gasteiger partial charge in [0.1, 0.15) is 11.7 Å². The number of nitrogens with zero attached hydrogens (tertiary/aromatic N) is 1. The third kappa shape index (κ3) is 5.99. The molecule has 29 heavy (non-hydrogen) atoms. The van der Waals surface area contributed by atoms with Crippen LogP contribution >= 0.6 is 0 Å². The van der Waals surface area contributed by atoms with Gasteiger partial charge in [0.05, 0.1) is 4.92 Å². The number of benzene rings is 2. The van der Waals surface area contributed by atoms with E-state index in [4.69, 9.17) is 5.11 Å². The van der Waals surface area contributed by atoms with Crippen molar-refractivity contribution in [3.63, 3.8) is 0 Å². The van der Waals surface area contributed by atoms with Crippen LogP contribution in [0.1, 0.15) is 28.4 Å². The number of rotatable bonds is 7. The summed E-state index contributed by atoms with van der Waals surface area (Å²) in [7, 11) is 0. The predicted octanol–water partition coefficient (Wildman–Crippen LogP) is 2.26. The fourth-order valence-corrected chi connectivity index (χ4v) is 2.29. The van der Waals surface area contributed by atoms with E-state index in [0.29, 0.717) is 5.56 Å². The first-order valence-electron chi connectivity index (χ1n) is 8.55. The lowest BCUT2D eigenvalue weighted by atomic mass is 10.1. The van der Waals surface area contributed by atoms with Gasteiger partial charge in [0, 0.05) is 17.7 Å². The van der Waals surface area contributed by atoms with Gasteiger partial charge >= 0.3 is 5.97 Å². The van der Waals surface area contributed by atoms with Crippen molar-refractivity contribution in [2.75, 3.05) is 0 Å². The highest BCUT2D eigenvalue weighted by molar-refractivity contribution is 6.06. The number of carboxylic acids is 1. The molecule has 0 fully saturated rings. The topological polar surface area (TPSA) is 139 Å². The molecule has 0 unspecified atom stereocenters. The Morgan fingerprint density at radius 3 is 2.38 bits per heavy atom. The molecule has 0 aliphatic rings. The van der Waals surface area contributed by atoms with Gasteiger partial charge in [-0.3, -0.25) is 24.5 Å². The molecule has 2 aromatic rings. The monoisotopic (exact) mass is 397 g/mol. The molecule has 0 spiro atoms. The van der Waals surface area contributed by atoms with Crippen molar-refractivity contribution >= 4 is 29.5 Å². The third-order valence-corrected chi connectivity index (χ3v) is 3.92. The number of amides is 2. The van der Waals surface area contributed by atoms with Crippen LogP contribution in [0.3, 0.4) is 0 Å². The number of aliphatic carboxylic acids is 1. The lowest BCUT2D eigenvalue weighted by Gasteiger charge is -2.13. The van der Waals surface area contributed by atoms with E-state index >= 15 is 0 Å². The lowest BCUT2D eigenvalue weighted by Crippen LogP contribution is -2.42. The number of nitro benzene ring substituents is 1. The summed E-state index contributed by atoms with van der Waals surface area (Å²) in [5.41, 5.74) is 1.09. The molecule has 2 aromatic carbocycles. The molecule has 0 aliphatic heterocycles. The zero-order valence-electron chi connectivity index (χ0n) is 15.7. The summed E-state index contributed by atoms with van der Waals surface area (Å²) in [4.78, 5) is 46.4. The number of aryl methyl sites for hydroxylation is 1. The van der Waals surface area contributed by atoms with E-state index in [0.717, 1.165) is 5.56 Å². The molecule has 2 amide bonds. The number of hydrogen-bond acceptors (Lipinski definition) is 5. The third-order valence-electron chi connectivity index (χ3n) is 3.92. The van der Waals surface area contributed by atoms with Crippen molar-refractivity contribution in [3.8, 4) is 0 Å². The molecule has 150 valence electrons. The van der Waals surface area contributed by atoms with E-state index in [2.05, 4.69) is 10.6 Å². The van der Waals surface area contributed by atoms with Crippen LogP contribution < -0.4 is 10.6 Å². The average molecular weight is 397 g/mol. The van der Waals surface area contributed by atoms with Gasteiger partial charge in [-0.2, -0.15) is 0 Å². The summed E-state index contributed by atoms with van der Waals surface area (Å²) in [5, 5.41) is 24.6. The van der Waals surface area contributed by atoms with Crippen molar-refractivity contribution in [1.29, 1.82) is 0 Å². The summed E-state index contributed by atoms with van der Waals surface area (Å²) in [5.74, 6) is -2.68. The average Bonchev–Trinajstić information content (AvgIpc) is 2.67. The van der Waals surface area contributed by atoms with Crippen molar-refractivity contribution in [2.45, 2.75) is 19.9 Å². The Kier molecular flexibility index (Phi) is 6.80. The SMILES string of the molecule is Cc1ccc(C(=O)N/C(=C/c2cccc([N+](=O)[O-])c2)C(=O)N[C@H](C)C(=O)O)cc1. The van der Waals surface area contributed by atoms with Crippen LogP contribution in [0, 0.1) is 17.0 Å². The Bertz CT molecular complexity index is 982. The molecule has 0 aliphatic carbocycles. The van der Waals surface area contributed by atoms with Crippen molar-refractivity contribution in [3.05, 3.63) is 81.0 Å². The van der Waals surface area contributed by atoms with Crippen molar-refractivity contribution in [1.82, 2.24) is 10.6 Å². The van der Waals surface area contributed by atoms with Crippen LogP contribution in [-0.2, 0) is 9.59 Å². The van der Waals surface area contributed by atoms with Gasteiger partial charge in [0.25, 0.3) is 17.5 Å². The van der Waals surface area contributed by atoms with E-state index < -0.39 is 28.7 Å². The number of carboxylic acid groups (broad SMARTS) is 1. The van der Waals surface area contributed by atoms with Gasteiger partial charge in [0.15, 0.2) is 0 Å². The van der Waals surface area contributed by atoms with Gasteiger partial charge in [-0.25, -0.2) is 0 Å². The number of nitro groups is 1. The van der Waals surface area contributed by atoms with Gasteiger partial charge in [-0.05, 0) is 37.6 Å². The van der Waals surface area contributed by atoms with Crippen molar-refractivity contribution in [2.24, 2.45) is 0 Å². The fraction of sp³-hybridized carbons (Fsp3) is 0.150. The molecule has 0 saturated heterocycles. The Labute approximate surface area is 166 Å². The van der Waals surface area contributed by atoms with Crippen LogP contribution in [-0.4, -0.2) is 33.9 Å².